The van der Waals surface area contributed by atoms with Crippen LogP contribution in [0, 0.1) is 0 Å². The average molecular weight is 369 g/mol. The van der Waals surface area contributed by atoms with Crippen LogP contribution in [0.4, 0.5) is 5.69 Å². The van der Waals surface area contributed by atoms with Gasteiger partial charge >= 0.3 is 0 Å². The number of benzene rings is 1. The Morgan fingerprint density at radius 2 is 2.18 bits per heavy atom. The molecule has 0 aromatic heterocycles. The number of carbonyl (C=O) groups excluding carboxylic acids is 2. The highest BCUT2D eigenvalue weighted by molar-refractivity contribution is 9.10. The molecule has 5 nitrogen and oxygen atoms in total. The number of hydrogen-bond donors (Lipinski definition) is 1. The van der Waals surface area contributed by atoms with Gasteiger partial charge in [0, 0.05) is 37.5 Å². The first-order chi connectivity index (χ1) is 10.6. The van der Waals surface area contributed by atoms with E-state index in [1.165, 1.54) is 6.92 Å². The van der Waals surface area contributed by atoms with Crippen LogP contribution in [0.15, 0.2) is 28.7 Å². The average Bonchev–Trinajstić information content (AvgIpc) is 2.98. The molecule has 1 aliphatic rings. The largest absolute Gasteiger partial charge is 0.376 e. The van der Waals surface area contributed by atoms with Crippen molar-refractivity contribution in [3.63, 3.8) is 0 Å². The molecule has 1 fully saturated rings. The molecule has 0 spiro atoms. The minimum Gasteiger partial charge on any atom is -0.376 e. The predicted octanol–water partition coefficient (Wildman–Crippen LogP) is 2.81. The molecule has 1 atom stereocenters. The van der Waals surface area contributed by atoms with Crippen molar-refractivity contribution >= 4 is 33.4 Å². The SMILES string of the molecule is CC(=O)N(CCC(=O)Nc1ccccc1Br)CC1CCCO1. The fraction of sp³-hybridized carbons (Fsp3) is 0.500. The van der Waals surface area contributed by atoms with Crippen LogP contribution in [0.5, 0.6) is 0 Å². The summed E-state index contributed by atoms with van der Waals surface area (Å²) in [6.07, 6.45) is 2.40. The van der Waals surface area contributed by atoms with Gasteiger partial charge in [0.25, 0.3) is 0 Å². The highest BCUT2D eigenvalue weighted by Crippen LogP contribution is 2.21. The molecule has 22 heavy (non-hydrogen) atoms. The third-order valence-electron chi connectivity index (χ3n) is 3.65. The van der Waals surface area contributed by atoms with E-state index < -0.39 is 0 Å². The van der Waals surface area contributed by atoms with Gasteiger partial charge in [0.2, 0.25) is 11.8 Å². The zero-order chi connectivity index (χ0) is 15.9. The van der Waals surface area contributed by atoms with Crippen molar-refractivity contribution in [2.45, 2.75) is 32.3 Å². The number of ether oxygens (including phenoxy) is 1. The van der Waals surface area contributed by atoms with Crippen molar-refractivity contribution in [3.05, 3.63) is 28.7 Å². The first-order valence-corrected chi connectivity index (χ1v) is 8.27. The van der Waals surface area contributed by atoms with Crippen LogP contribution in [-0.4, -0.2) is 42.5 Å². The van der Waals surface area contributed by atoms with Gasteiger partial charge in [-0.25, -0.2) is 0 Å². The van der Waals surface area contributed by atoms with E-state index in [2.05, 4.69) is 21.2 Å². The van der Waals surface area contributed by atoms with Crippen molar-refractivity contribution in [2.75, 3.05) is 25.0 Å². The topological polar surface area (TPSA) is 58.6 Å². The first kappa shape index (κ1) is 17.0. The fourth-order valence-corrected chi connectivity index (χ4v) is 2.81. The maximum absolute atomic E-state index is 12.0. The summed E-state index contributed by atoms with van der Waals surface area (Å²) in [4.78, 5) is 25.4. The van der Waals surface area contributed by atoms with Crippen LogP contribution in [0.25, 0.3) is 0 Å². The summed E-state index contributed by atoms with van der Waals surface area (Å²) in [5.74, 6) is -0.130. The third kappa shape index (κ3) is 5.10. The summed E-state index contributed by atoms with van der Waals surface area (Å²) in [7, 11) is 0. The number of nitrogens with one attached hydrogen (secondary N) is 1. The van der Waals surface area contributed by atoms with E-state index in [0.29, 0.717) is 13.1 Å². The van der Waals surface area contributed by atoms with Crippen LogP contribution < -0.4 is 5.32 Å². The highest BCUT2D eigenvalue weighted by Gasteiger charge is 2.21. The summed E-state index contributed by atoms with van der Waals surface area (Å²) in [6.45, 7) is 3.27. The van der Waals surface area contributed by atoms with Crippen LogP contribution >= 0.6 is 15.9 Å². The lowest BCUT2D eigenvalue weighted by Gasteiger charge is -2.24. The number of rotatable bonds is 6. The Hall–Kier alpha value is -1.40. The Labute approximate surface area is 139 Å². The molecule has 1 heterocycles. The minimum absolute atomic E-state index is 0.0239. The Balaban J connectivity index is 1.82. The molecule has 1 saturated heterocycles. The van der Waals surface area contributed by atoms with Gasteiger partial charge in [-0.05, 0) is 40.9 Å². The lowest BCUT2D eigenvalue weighted by molar-refractivity contribution is -0.130. The Bertz CT molecular complexity index is 530. The van der Waals surface area contributed by atoms with Gasteiger partial charge in [0.1, 0.15) is 0 Å². The van der Waals surface area contributed by atoms with Crippen molar-refractivity contribution in [1.82, 2.24) is 4.90 Å². The van der Waals surface area contributed by atoms with Gasteiger partial charge in [-0.15, -0.1) is 0 Å². The molecule has 1 unspecified atom stereocenters. The van der Waals surface area contributed by atoms with Crippen molar-refractivity contribution in [1.29, 1.82) is 0 Å². The first-order valence-electron chi connectivity index (χ1n) is 7.48. The molecule has 0 bridgehead atoms. The van der Waals surface area contributed by atoms with Crippen molar-refractivity contribution < 1.29 is 14.3 Å². The fourth-order valence-electron chi connectivity index (χ4n) is 2.42. The normalized spacial score (nSPS) is 17.3. The zero-order valence-corrected chi connectivity index (χ0v) is 14.3. The number of carbonyl (C=O) groups is 2. The number of amides is 2. The summed E-state index contributed by atoms with van der Waals surface area (Å²) in [5, 5.41) is 2.84. The van der Waals surface area contributed by atoms with Gasteiger partial charge in [0.15, 0.2) is 0 Å². The second-order valence-electron chi connectivity index (χ2n) is 5.38. The van der Waals surface area contributed by atoms with Gasteiger partial charge in [-0.3, -0.25) is 9.59 Å². The summed E-state index contributed by atoms with van der Waals surface area (Å²) in [6, 6.07) is 7.45. The van der Waals surface area contributed by atoms with Gasteiger partial charge in [-0.2, -0.15) is 0 Å². The molecule has 1 aliphatic heterocycles. The smallest absolute Gasteiger partial charge is 0.226 e. The summed E-state index contributed by atoms with van der Waals surface area (Å²) >= 11 is 3.39. The van der Waals surface area contributed by atoms with E-state index >= 15 is 0 Å². The second kappa shape index (κ2) is 8.29. The van der Waals surface area contributed by atoms with E-state index in [-0.39, 0.29) is 24.3 Å². The molecule has 0 saturated carbocycles. The second-order valence-corrected chi connectivity index (χ2v) is 6.23. The number of anilines is 1. The maximum Gasteiger partial charge on any atom is 0.226 e. The molecular weight excluding hydrogens is 348 g/mol. The minimum atomic E-state index is -0.106. The van der Waals surface area contributed by atoms with Crippen LogP contribution in [0.1, 0.15) is 26.2 Å². The van der Waals surface area contributed by atoms with E-state index in [1.54, 1.807) is 4.90 Å². The van der Waals surface area contributed by atoms with Crippen molar-refractivity contribution in [2.24, 2.45) is 0 Å². The standard InChI is InChI=1S/C16H21BrN2O3/c1-12(20)19(11-13-5-4-10-22-13)9-8-16(21)18-15-7-3-2-6-14(15)17/h2-3,6-7,13H,4-5,8-11H2,1H3,(H,18,21). The quantitative estimate of drug-likeness (QED) is 0.839. The third-order valence-corrected chi connectivity index (χ3v) is 4.34. The summed E-state index contributed by atoms with van der Waals surface area (Å²) < 4.78 is 6.39. The van der Waals surface area contributed by atoms with Gasteiger partial charge in [-0.1, -0.05) is 12.1 Å². The van der Waals surface area contributed by atoms with Gasteiger partial charge in [0.05, 0.1) is 11.8 Å². The lowest BCUT2D eigenvalue weighted by atomic mass is 10.2. The molecule has 1 aromatic rings. The zero-order valence-electron chi connectivity index (χ0n) is 12.7. The van der Waals surface area contributed by atoms with E-state index in [0.717, 1.165) is 29.6 Å². The van der Waals surface area contributed by atoms with Gasteiger partial charge < -0.3 is 15.0 Å². The van der Waals surface area contributed by atoms with E-state index in [4.69, 9.17) is 4.74 Å². The molecular formula is C16H21BrN2O3. The van der Waals surface area contributed by atoms with E-state index in [1.807, 2.05) is 24.3 Å². The lowest BCUT2D eigenvalue weighted by Crippen LogP contribution is -2.37. The summed E-state index contributed by atoms with van der Waals surface area (Å²) in [5.41, 5.74) is 0.737. The maximum atomic E-state index is 12.0. The predicted molar refractivity (Wildman–Crippen MR) is 88.6 cm³/mol. The molecule has 1 N–H and O–H groups in total. The Morgan fingerprint density at radius 3 is 2.82 bits per heavy atom. The number of nitrogens with zero attached hydrogens (tertiary/aromatic N) is 1. The molecule has 0 radical (unpaired) electrons. The molecule has 0 aliphatic carbocycles. The highest BCUT2D eigenvalue weighted by atomic mass is 79.9. The number of hydrogen-bond acceptors (Lipinski definition) is 3. The molecule has 2 amide bonds. The van der Waals surface area contributed by atoms with Crippen LogP contribution in [0.2, 0.25) is 0 Å². The van der Waals surface area contributed by atoms with Crippen LogP contribution in [0.3, 0.4) is 0 Å². The molecule has 6 heteroatoms. The molecule has 120 valence electrons. The Kier molecular flexibility index (Phi) is 6.39. The number of para-hydroxylation sites is 1. The Morgan fingerprint density at radius 1 is 1.41 bits per heavy atom. The van der Waals surface area contributed by atoms with Crippen LogP contribution in [-0.2, 0) is 14.3 Å². The molecule has 1 aromatic carbocycles. The van der Waals surface area contributed by atoms with Crippen molar-refractivity contribution in [3.8, 4) is 0 Å². The monoisotopic (exact) mass is 368 g/mol. The number of halogens is 1. The van der Waals surface area contributed by atoms with E-state index in [9.17, 15) is 9.59 Å². The molecule has 2 rings (SSSR count).